The van der Waals surface area contributed by atoms with Crippen molar-refractivity contribution in [3.05, 3.63) is 64.9 Å². The molecule has 7 heteroatoms. The van der Waals surface area contributed by atoms with E-state index in [0.717, 1.165) is 41.8 Å². The maximum absolute atomic E-state index is 13.0. The van der Waals surface area contributed by atoms with Gasteiger partial charge in [-0.15, -0.1) is 0 Å². The van der Waals surface area contributed by atoms with Gasteiger partial charge >= 0.3 is 0 Å². The quantitative estimate of drug-likeness (QED) is 0.658. The summed E-state index contributed by atoms with van der Waals surface area (Å²) in [6.45, 7) is 3.45. The van der Waals surface area contributed by atoms with E-state index >= 15 is 0 Å². The van der Waals surface area contributed by atoms with Crippen LogP contribution in [0.25, 0.3) is 5.69 Å². The first kappa shape index (κ1) is 17.0. The van der Waals surface area contributed by atoms with Gasteiger partial charge in [-0.25, -0.2) is 9.67 Å². The number of carbonyl (C=O) groups excluding carboxylic acids is 1. The first-order chi connectivity index (χ1) is 12.6. The summed E-state index contributed by atoms with van der Waals surface area (Å²) in [4.78, 5) is 19.0. The average molecular weight is 414 g/mol. The fraction of sp³-hybridized carbons (Fsp3) is 0.316. The van der Waals surface area contributed by atoms with Gasteiger partial charge in [-0.1, -0.05) is 15.9 Å². The molecule has 3 aromatic rings. The van der Waals surface area contributed by atoms with Crippen molar-refractivity contribution in [2.75, 3.05) is 13.1 Å². The Bertz CT molecular complexity index is 893. The van der Waals surface area contributed by atoms with Crippen LogP contribution < -0.4 is 0 Å². The molecule has 134 valence electrons. The largest absolute Gasteiger partial charge is 0.338 e. The number of imidazole rings is 1. The Hall–Kier alpha value is -2.41. The highest BCUT2D eigenvalue weighted by Gasteiger charge is 2.26. The third-order valence-corrected chi connectivity index (χ3v) is 5.54. The number of likely N-dealkylation sites (tertiary alicyclic amines) is 1. The summed E-state index contributed by atoms with van der Waals surface area (Å²) in [5.41, 5.74) is 2.49. The minimum atomic E-state index is 0.0648. The van der Waals surface area contributed by atoms with E-state index in [-0.39, 0.29) is 5.91 Å². The Balaban J connectivity index is 1.48. The summed E-state index contributed by atoms with van der Waals surface area (Å²) in [6.07, 6.45) is 9.23. The molecule has 0 atom stereocenters. The molecular weight excluding hydrogens is 394 g/mol. The minimum Gasteiger partial charge on any atom is -0.338 e. The number of amides is 1. The number of carbonyl (C=O) groups is 1. The molecule has 1 aliphatic rings. The summed E-state index contributed by atoms with van der Waals surface area (Å²) < 4.78 is 4.97. The van der Waals surface area contributed by atoms with Crippen LogP contribution in [0.3, 0.4) is 0 Å². The molecule has 0 N–H and O–H groups in total. The SMILES string of the molecule is Cc1c(C(=O)N2CCC(n3ccnc3)CC2)cnn1-c1ccc(Br)cc1. The van der Waals surface area contributed by atoms with E-state index in [2.05, 4.69) is 30.6 Å². The van der Waals surface area contributed by atoms with E-state index < -0.39 is 0 Å². The summed E-state index contributed by atoms with van der Waals surface area (Å²) >= 11 is 3.44. The van der Waals surface area contributed by atoms with Crippen molar-refractivity contribution >= 4 is 21.8 Å². The number of nitrogens with zero attached hydrogens (tertiary/aromatic N) is 5. The summed E-state index contributed by atoms with van der Waals surface area (Å²) in [7, 11) is 0. The standard InChI is InChI=1S/C19H20BrN5O/c1-14-18(12-22-25(14)17-4-2-15(20)3-5-17)19(26)23-9-6-16(7-10-23)24-11-8-21-13-24/h2-5,8,11-13,16H,6-7,9-10H2,1H3. The third kappa shape index (κ3) is 3.19. The van der Waals surface area contributed by atoms with E-state index in [4.69, 9.17) is 0 Å². The van der Waals surface area contributed by atoms with Crippen molar-refractivity contribution < 1.29 is 4.79 Å². The predicted octanol–water partition coefficient (Wildman–Crippen LogP) is 3.62. The van der Waals surface area contributed by atoms with Crippen LogP contribution in [0, 0.1) is 6.92 Å². The van der Waals surface area contributed by atoms with E-state index in [1.165, 1.54) is 0 Å². The van der Waals surface area contributed by atoms with Gasteiger partial charge in [0.05, 0.1) is 29.5 Å². The molecule has 2 aromatic heterocycles. The molecule has 6 nitrogen and oxygen atoms in total. The number of hydrogen-bond donors (Lipinski definition) is 0. The molecule has 1 aliphatic heterocycles. The van der Waals surface area contributed by atoms with E-state index in [1.807, 2.05) is 53.3 Å². The van der Waals surface area contributed by atoms with Gasteiger partial charge in [0, 0.05) is 36.0 Å². The number of hydrogen-bond acceptors (Lipinski definition) is 3. The molecule has 0 unspecified atom stereocenters. The van der Waals surface area contributed by atoms with Gasteiger partial charge in [-0.2, -0.15) is 5.10 Å². The highest BCUT2D eigenvalue weighted by Crippen LogP contribution is 2.24. The average Bonchev–Trinajstić information content (AvgIpc) is 3.32. The Morgan fingerprint density at radius 3 is 2.58 bits per heavy atom. The van der Waals surface area contributed by atoms with Crippen LogP contribution in [0.5, 0.6) is 0 Å². The monoisotopic (exact) mass is 413 g/mol. The lowest BCUT2D eigenvalue weighted by Crippen LogP contribution is -2.39. The van der Waals surface area contributed by atoms with Crippen LogP contribution in [0.1, 0.15) is 34.9 Å². The highest BCUT2D eigenvalue weighted by atomic mass is 79.9. The van der Waals surface area contributed by atoms with Crippen molar-refractivity contribution in [3.63, 3.8) is 0 Å². The van der Waals surface area contributed by atoms with Gasteiger partial charge in [-0.3, -0.25) is 4.79 Å². The zero-order chi connectivity index (χ0) is 18.1. The minimum absolute atomic E-state index is 0.0648. The molecule has 1 fully saturated rings. The van der Waals surface area contributed by atoms with Gasteiger partial charge < -0.3 is 9.47 Å². The topological polar surface area (TPSA) is 56.0 Å². The normalized spacial score (nSPS) is 15.4. The first-order valence-electron chi connectivity index (χ1n) is 8.71. The molecule has 1 aromatic carbocycles. The predicted molar refractivity (Wildman–Crippen MR) is 102 cm³/mol. The molecule has 1 saturated heterocycles. The summed E-state index contributed by atoms with van der Waals surface area (Å²) in [6, 6.07) is 8.33. The molecule has 0 saturated carbocycles. The van der Waals surface area contributed by atoms with Crippen molar-refractivity contribution in [1.29, 1.82) is 0 Å². The molecule has 0 radical (unpaired) electrons. The molecule has 26 heavy (non-hydrogen) atoms. The smallest absolute Gasteiger partial charge is 0.257 e. The van der Waals surface area contributed by atoms with Crippen LogP contribution in [-0.4, -0.2) is 43.2 Å². The molecule has 0 spiro atoms. The molecule has 4 rings (SSSR count). The van der Waals surface area contributed by atoms with Crippen LogP contribution in [0.15, 0.2) is 53.7 Å². The van der Waals surface area contributed by atoms with Crippen LogP contribution in [0.4, 0.5) is 0 Å². The van der Waals surface area contributed by atoms with E-state index in [9.17, 15) is 4.79 Å². The van der Waals surface area contributed by atoms with Gasteiger partial charge in [-0.05, 0) is 44.0 Å². The Kier molecular flexibility index (Phi) is 4.63. The highest BCUT2D eigenvalue weighted by molar-refractivity contribution is 9.10. The van der Waals surface area contributed by atoms with Gasteiger partial charge in [0.15, 0.2) is 0 Å². The van der Waals surface area contributed by atoms with Crippen LogP contribution in [-0.2, 0) is 0 Å². The van der Waals surface area contributed by atoms with Crippen molar-refractivity contribution in [2.45, 2.75) is 25.8 Å². The maximum Gasteiger partial charge on any atom is 0.257 e. The van der Waals surface area contributed by atoms with Crippen LogP contribution >= 0.6 is 15.9 Å². The van der Waals surface area contributed by atoms with E-state index in [0.29, 0.717) is 11.6 Å². The van der Waals surface area contributed by atoms with E-state index in [1.54, 1.807) is 12.4 Å². The lowest BCUT2D eigenvalue weighted by atomic mass is 10.0. The fourth-order valence-electron chi connectivity index (χ4n) is 3.49. The fourth-order valence-corrected chi connectivity index (χ4v) is 3.75. The second-order valence-corrected chi connectivity index (χ2v) is 7.48. The number of piperidine rings is 1. The zero-order valence-corrected chi connectivity index (χ0v) is 16.1. The second-order valence-electron chi connectivity index (χ2n) is 6.57. The number of rotatable bonds is 3. The van der Waals surface area contributed by atoms with Crippen LogP contribution in [0.2, 0.25) is 0 Å². The molecule has 1 amide bonds. The zero-order valence-electron chi connectivity index (χ0n) is 14.5. The third-order valence-electron chi connectivity index (χ3n) is 5.01. The Morgan fingerprint density at radius 1 is 1.19 bits per heavy atom. The summed E-state index contributed by atoms with van der Waals surface area (Å²) in [5, 5.41) is 4.43. The first-order valence-corrected chi connectivity index (χ1v) is 9.50. The van der Waals surface area contributed by atoms with Gasteiger partial charge in [0.2, 0.25) is 0 Å². The lowest BCUT2D eigenvalue weighted by molar-refractivity contribution is 0.0694. The molecule has 0 bridgehead atoms. The second kappa shape index (κ2) is 7.07. The Labute approximate surface area is 160 Å². The molecule has 0 aliphatic carbocycles. The maximum atomic E-state index is 13.0. The molecular formula is C19H20BrN5O. The number of benzene rings is 1. The number of aromatic nitrogens is 4. The summed E-state index contributed by atoms with van der Waals surface area (Å²) in [5.74, 6) is 0.0648. The van der Waals surface area contributed by atoms with Crippen molar-refractivity contribution in [3.8, 4) is 5.69 Å². The number of halogens is 1. The Morgan fingerprint density at radius 2 is 1.92 bits per heavy atom. The van der Waals surface area contributed by atoms with Gasteiger partial charge in [0.25, 0.3) is 5.91 Å². The lowest BCUT2D eigenvalue weighted by Gasteiger charge is -2.32. The van der Waals surface area contributed by atoms with Crippen molar-refractivity contribution in [2.24, 2.45) is 0 Å². The van der Waals surface area contributed by atoms with Gasteiger partial charge in [0.1, 0.15) is 0 Å². The molecule has 3 heterocycles. The van der Waals surface area contributed by atoms with Crippen molar-refractivity contribution in [1.82, 2.24) is 24.2 Å².